The molecule has 1 aliphatic rings. The van der Waals surface area contributed by atoms with Crippen molar-refractivity contribution in [1.29, 1.82) is 0 Å². The summed E-state index contributed by atoms with van der Waals surface area (Å²) >= 11 is 0. The normalized spacial score (nSPS) is 28.7. The molecule has 15 heavy (non-hydrogen) atoms. The predicted molar refractivity (Wildman–Crippen MR) is 54.5 cm³/mol. The summed E-state index contributed by atoms with van der Waals surface area (Å²) in [7, 11) is 0. The van der Waals surface area contributed by atoms with Gasteiger partial charge in [-0.25, -0.2) is 4.79 Å². The fourth-order valence-electron chi connectivity index (χ4n) is 1.13. The van der Waals surface area contributed by atoms with Gasteiger partial charge in [0, 0.05) is 6.54 Å². The third-order valence-corrected chi connectivity index (χ3v) is 1.85. The number of amides is 1. The molecule has 5 nitrogen and oxygen atoms in total. The van der Waals surface area contributed by atoms with Crippen LogP contribution in [0.5, 0.6) is 0 Å². The second-order valence-electron chi connectivity index (χ2n) is 3.14. The van der Waals surface area contributed by atoms with Crippen molar-refractivity contribution in [2.75, 3.05) is 19.8 Å². The Morgan fingerprint density at radius 1 is 1.60 bits per heavy atom. The molecule has 1 amide bonds. The topological polar surface area (TPSA) is 56.8 Å². The van der Waals surface area contributed by atoms with E-state index in [4.69, 9.17) is 14.2 Å². The zero-order valence-corrected chi connectivity index (χ0v) is 9.06. The molecular formula is C10H17NO4. The zero-order valence-electron chi connectivity index (χ0n) is 9.06. The van der Waals surface area contributed by atoms with Crippen LogP contribution in [0.3, 0.4) is 0 Å². The lowest BCUT2D eigenvalue weighted by molar-refractivity contribution is -0.139. The van der Waals surface area contributed by atoms with Crippen LogP contribution in [-0.2, 0) is 14.2 Å². The van der Waals surface area contributed by atoms with Crippen molar-refractivity contribution in [3.05, 3.63) is 12.2 Å². The molecule has 0 fully saturated rings. The van der Waals surface area contributed by atoms with E-state index in [1.54, 1.807) is 6.08 Å². The molecule has 0 radical (unpaired) electrons. The number of carbonyl (C=O) groups excluding carboxylic acids is 1. The second-order valence-corrected chi connectivity index (χ2v) is 3.14. The fraction of sp³-hybridized carbons (Fsp3) is 0.700. The Morgan fingerprint density at radius 2 is 2.40 bits per heavy atom. The Hall–Kier alpha value is -1.07. The molecule has 5 heteroatoms. The molecule has 0 aromatic carbocycles. The van der Waals surface area contributed by atoms with Gasteiger partial charge >= 0.3 is 6.09 Å². The van der Waals surface area contributed by atoms with E-state index < -0.39 is 6.09 Å². The Bertz CT molecular complexity index is 229. The molecule has 2 unspecified atom stereocenters. The Morgan fingerprint density at radius 3 is 3.13 bits per heavy atom. The highest BCUT2D eigenvalue weighted by Crippen LogP contribution is 2.04. The zero-order chi connectivity index (χ0) is 11.1. The highest BCUT2D eigenvalue weighted by Gasteiger charge is 2.14. The summed E-state index contributed by atoms with van der Waals surface area (Å²) in [4.78, 5) is 11.1. The molecule has 0 saturated heterocycles. The maximum absolute atomic E-state index is 11.1. The van der Waals surface area contributed by atoms with Crippen LogP contribution in [0.4, 0.5) is 4.79 Å². The number of hydrogen-bond acceptors (Lipinski definition) is 4. The molecule has 1 aliphatic heterocycles. The van der Waals surface area contributed by atoms with Gasteiger partial charge in [-0.2, -0.15) is 0 Å². The number of carbonyl (C=O) groups is 1. The Balaban J connectivity index is 2.38. The third-order valence-electron chi connectivity index (χ3n) is 1.85. The first-order valence-electron chi connectivity index (χ1n) is 5.06. The lowest BCUT2D eigenvalue weighted by Gasteiger charge is -2.20. The summed E-state index contributed by atoms with van der Waals surface area (Å²) in [6.07, 6.45) is 2.55. The number of rotatable bonds is 2. The lowest BCUT2D eigenvalue weighted by Crippen LogP contribution is -2.32. The predicted octanol–water partition coefficient (Wildman–Crippen LogP) is 1.05. The number of alkyl carbamates (subject to hydrolysis) is 1. The molecule has 1 rings (SSSR count). The number of hydrogen-bond donors (Lipinski definition) is 1. The number of ether oxygens (including phenoxy) is 3. The summed E-state index contributed by atoms with van der Waals surface area (Å²) in [5.41, 5.74) is 0. The van der Waals surface area contributed by atoms with E-state index in [1.807, 2.05) is 19.9 Å². The van der Waals surface area contributed by atoms with Crippen LogP contribution in [-0.4, -0.2) is 38.2 Å². The largest absolute Gasteiger partial charge is 0.440 e. The molecule has 0 bridgehead atoms. The van der Waals surface area contributed by atoms with Gasteiger partial charge in [-0.1, -0.05) is 6.08 Å². The first-order valence-corrected chi connectivity index (χ1v) is 5.06. The first kappa shape index (κ1) is 12.0. The molecule has 1 N–H and O–H groups in total. The molecule has 0 aliphatic carbocycles. The first-order chi connectivity index (χ1) is 7.22. The minimum Gasteiger partial charge on any atom is -0.440 e. The van der Waals surface area contributed by atoms with Crippen LogP contribution in [0, 0.1) is 0 Å². The van der Waals surface area contributed by atoms with Crippen LogP contribution in [0.25, 0.3) is 0 Å². The van der Waals surface area contributed by atoms with Crippen LogP contribution >= 0.6 is 0 Å². The van der Waals surface area contributed by atoms with Crippen molar-refractivity contribution in [2.45, 2.75) is 26.2 Å². The van der Waals surface area contributed by atoms with E-state index in [9.17, 15) is 4.79 Å². The molecule has 0 spiro atoms. The van der Waals surface area contributed by atoms with Crippen molar-refractivity contribution in [2.24, 2.45) is 0 Å². The van der Waals surface area contributed by atoms with Crippen molar-refractivity contribution in [1.82, 2.24) is 5.32 Å². The number of nitrogens with one attached hydrogen (secondary N) is 1. The van der Waals surface area contributed by atoms with E-state index >= 15 is 0 Å². The van der Waals surface area contributed by atoms with Gasteiger partial charge in [0.05, 0.1) is 13.2 Å². The summed E-state index contributed by atoms with van der Waals surface area (Å²) in [5.74, 6) is 0. The van der Waals surface area contributed by atoms with E-state index in [-0.39, 0.29) is 12.4 Å². The monoisotopic (exact) mass is 215 g/mol. The van der Waals surface area contributed by atoms with Crippen molar-refractivity contribution in [3.63, 3.8) is 0 Å². The average molecular weight is 215 g/mol. The molecule has 1 heterocycles. The fourth-order valence-corrected chi connectivity index (χ4v) is 1.13. The SMILES string of the molecule is CCNC(=O)OC1/C=C/COC(C)OC1. The molecule has 0 aromatic heterocycles. The van der Waals surface area contributed by atoms with E-state index in [1.165, 1.54) is 0 Å². The molecular weight excluding hydrogens is 198 g/mol. The second kappa shape index (κ2) is 6.42. The van der Waals surface area contributed by atoms with E-state index in [0.717, 1.165) is 0 Å². The molecule has 2 atom stereocenters. The summed E-state index contributed by atoms with van der Waals surface area (Å²) in [6.45, 7) is 4.98. The maximum Gasteiger partial charge on any atom is 0.407 e. The van der Waals surface area contributed by atoms with Crippen molar-refractivity contribution >= 4 is 6.09 Å². The summed E-state index contributed by atoms with van der Waals surface area (Å²) in [6, 6.07) is 0. The average Bonchev–Trinajstić information content (AvgIpc) is 2.17. The van der Waals surface area contributed by atoms with Crippen LogP contribution in [0.2, 0.25) is 0 Å². The van der Waals surface area contributed by atoms with Crippen molar-refractivity contribution < 1.29 is 19.0 Å². The van der Waals surface area contributed by atoms with Crippen LogP contribution in [0.1, 0.15) is 13.8 Å². The third kappa shape index (κ3) is 4.80. The van der Waals surface area contributed by atoms with Gasteiger partial charge < -0.3 is 19.5 Å². The van der Waals surface area contributed by atoms with Gasteiger partial charge in [-0.15, -0.1) is 0 Å². The molecule has 0 aromatic rings. The van der Waals surface area contributed by atoms with Gasteiger partial charge in [-0.3, -0.25) is 0 Å². The molecule has 86 valence electrons. The molecule has 0 saturated carbocycles. The van der Waals surface area contributed by atoms with E-state index in [0.29, 0.717) is 19.8 Å². The Kier molecular flexibility index (Phi) is 5.14. The highest BCUT2D eigenvalue weighted by atomic mass is 16.7. The van der Waals surface area contributed by atoms with Gasteiger partial charge in [0.1, 0.15) is 6.10 Å². The Labute approximate surface area is 89.4 Å². The van der Waals surface area contributed by atoms with Gasteiger partial charge in [0.15, 0.2) is 6.29 Å². The van der Waals surface area contributed by atoms with Crippen LogP contribution in [0.15, 0.2) is 12.2 Å². The minimum absolute atomic E-state index is 0.268. The maximum atomic E-state index is 11.1. The van der Waals surface area contributed by atoms with Gasteiger partial charge in [0.2, 0.25) is 0 Å². The highest BCUT2D eigenvalue weighted by molar-refractivity contribution is 5.67. The van der Waals surface area contributed by atoms with E-state index in [2.05, 4.69) is 5.32 Å². The minimum atomic E-state index is -0.426. The van der Waals surface area contributed by atoms with Gasteiger partial charge in [-0.05, 0) is 19.9 Å². The van der Waals surface area contributed by atoms with Gasteiger partial charge in [0.25, 0.3) is 0 Å². The quantitative estimate of drug-likeness (QED) is 0.699. The summed E-state index contributed by atoms with van der Waals surface area (Å²) in [5, 5.41) is 2.56. The standard InChI is InChI=1S/C10H17NO4/c1-3-11-10(12)15-9-5-4-6-13-8(2)14-7-9/h4-5,8-9H,3,6-7H2,1-2H3,(H,11,12)/b5-4+. The van der Waals surface area contributed by atoms with Crippen molar-refractivity contribution in [3.8, 4) is 0 Å². The lowest BCUT2D eigenvalue weighted by atomic mass is 10.3. The smallest absolute Gasteiger partial charge is 0.407 e. The van der Waals surface area contributed by atoms with Crippen LogP contribution < -0.4 is 5.32 Å². The summed E-state index contributed by atoms with van der Waals surface area (Å²) < 4.78 is 15.6.